The van der Waals surface area contributed by atoms with Gasteiger partial charge in [0.15, 0.2) is 11.1 Å². The van der Waals surface area contributed by atoms with Crippen molar-refractivity contribution in [2.75, 3.05) is 0 Å². The predicted molar refractivity (Wildman–Crippen MR) is 82.5 cm³/mol. The zero-order chi connectivity index (χ0) is 16.9. The zero-order valence-electron chi connectivity index (χ0n) is 13.5. The number of amides is 1. The standard InChI is InChI=1S/C13H24N4O4S/c1-8(2)6-9(16-12(18)21-13(3,4)5)10(22(19)20)11-14-7-15-17-11/h7-10H,6H2,1-5H3,(H,16,18)(H,19,20)(H,14,15,17)/t9-,10?/m0/s1. The lowest BCUT2D eigenvalue weighted by Crippen LogP contribution is -2.44. The van der Waals surface area contributed by atoms with E-state index in [0.717, 1.165) is 0 Å². The van der Waals surface area contributed by atoms with Crippen LogP contribution in [0.15, 0.2) is 6.33 Å². The summed E-state index contributed by atoms with van der Waals surface area (Å²) in [5, 5.41) is 8.05. The van der Waals surface area contributed by atoms with Gasteiger partial charge in [-0.2, -0.15) is 5.10 Å². The van der Waals surface area contributed by atoms with Gasteiger partial charge in [-0.1, -0.05) is 13.8 Å². The average molecular weight is 332 g/mol. The monoisotopic (exact) mass is 332 g/mol. The van der Waals surface area contributed by atoms with Gasteiger partial charge < -0.3 is 14.6 Å². The molecule has 3 atom stereocenters. The third kappa shape index (κ3) is 6.10. The number of carbonyl (C=O) groups is 1. The van der Waals surface area contributed by atoms with E-state index in [1.165, 1.54) is 6.33 Å². The van der Waals surface area contributed by atoms with Gasteiger partial charge in [0, 0.05) is 0 Å². The molecule has 0 aliphatic carbocycles. The van der Waals surface area contributed by atoms with E-state index >= 15 is 0 Å². The van der Waals surface area contributed by atoms with Gasteiger partial charge in [-0.15, -0.1) is 0 Å². The Bertz CT molecular complexity index is 499. The number of H-pyrrole nitrogens is 1. The van der Waals surface area contributed by atoms with Crippen LogP contribution in [0.25, 0.3) is 0 Å². The van der Waals surface area contributed by atoms with Crippen LogP contribution in [0.4, 0.5) is 4.79 Å². The van der Waals surface area contributed by atoms with Gasteiger partial charge in [0.1, 0.15) is 23.0 Å². The third-order valence-corrected chi connectivity index (χ3v) is 3.70. The summed E-state index contributed by atoms with van der Waals surface area (Å²) >= 11 is -2.22. The number of rotatable bonds is 6. The molecule has 1 aromatic rings. The van der Waals surface area contributed by atoms with Crippen molar-refractivity contribution in [3.05, 3.63) is 12.2 Å². The maximum Gasteiger partial charge on any atom is 0.407 e. The molecule has 0 saturated carbocycles. The number of nitrogens with one attached hydrogen (secondary N) is 2. The number of alkyl carbamates (subject to hydrolysis) is 1. The first-order chi connectivity index (χ1) is 10.1. The minimum absolute atomic E-state index is 0.203. The smallest absolute Gasteiger partial charge is 0.407 e. The molecule has 22 heavy (non-hydrogen) atoms. The van der Waals surface area contributed by atoms with E-state index in [9.17, 15) is 13.6 Å². The molecular formula is C13H24N4O4S. The lowest BCUT2D eigenvalue weighted by Gasteiger charge is -2.27. The van der Waals surface area contributed by atoms with Crippen LogP contribution in [0.1, 0.15) is 52.1 Å². The Morgan fingerprint density at radius 3 is 2.55 bits per heavy atom. The van der Waals surface area contributed by atoms with Crippen molar-refractivity contribution in [1.82, 2.24) is 20.5 Å². The summed E-state index contributed by atoms with van der Waals surface area (Å²) in [4.78, 5) is 15.9. The van der Waals surface area contributed by atoms with Crippen molar-refractivity contribution in [1.29, 1.82) is 0 Å². The minimum atomic E-state index is -2.22. The molecule has 1 heterocycles. The molecule has 0 aliphatic rings. The number of carbonyl (C=O) groups excluding carboxylic acids is 1. The number of nitrogens with zero attached hydrogens (tertiary/aromatic N) is 2. The number of ether oxygens (including phenoxy) is 1. The Balaban J connectivity index is 2.95. The summed E-state index contributed by atoms with van der Waals surface area (Å²) in [6.45, 7) is 9.18. The van der Waals surface area contributed by atoms with Crippen LogP contribution in [-0.2, 0) is 15.8 Å². The van der Waals surface area contributed by atoms with Crippen molar-refractivity contribution in [2.45, 2.75) is 57.9 Å². The van der Waals surface area contributed by atoms with E-state index in [1.807, 2.05) is 13.8 Å². The fraction of sp³-hybridized carbons (Fsp3) is 0.769. The lowest BCUT2D eigenvalue weighted by molar-refractivity contribution is 0.0496. The molecule has 0 spiro atoms. The SMILES string of the molecule is CC(C)C[C@H](NC(=O)OC(C)(C)C)C(c1ncn[nH]1)S(=O)O. The highest BCUT2D eigenvalue weighted by Gasteiger charge is 2.33. The van der Waals surface area contributed by atoms with E-state index in [4.69, 9.17) is 4.74 Å². The number of hydrogen-bond acceptors (Lipinski definition) is 5. The van der Waals surface area contributed by atoms with Gasteiger partial charge in [-0.25, -0.2) is 14.0 Å². The molecule has 0 fully saturated rings. The quantitative estimate of drug-likeness (QED) is 0.686. The van der Waals surface area contributed by atoms with Crippen LogP contribution in [0.3, 0.4) is 0 Å². The van der Waals surface area contributed by atoms with Crippen LogP contribution < -0.4 is 5.32 Å². The molecule has 1 rings (SSSR count). The Labute approximate surface area is 132 Å². The van der Waals surface area contributed by atoms with Crippen molar-refractivity contribution in [3.63, 3.8) is 0 Å². The number of aromatic amines is 1. The zero-order valence-corrected chi connectivity index (χ0v) is 14.3. The first-order valence-electron chi connectivity index (χ1n) is 7.04. The highest BCUT2D eigenvalue weighted by atomic mass is 32.2. The van der Waals surface area contributed by atoms with Gasteiger partial charge in [0.25, 0.3) is 0 Å². The van der Waals surface area contributed by atoms with Gasteiger partial charge in [-0.3, -0.25) is 5.10 Å². The molecule has 1 amide bonds. The fourth-order valence-electron chi connectivity index (χ4n) is 2.00. The molecule has 0 aromatic carbocycles. The van der Waals surface area contributed by atoms with Crippen LogP contribution in [-0.4, -0.2) is 41.7 Å². The largest absolute Gasteiger partial charge is 0.444 e. The van der Waals surface area contributed by atoms with Crippen molar-refractivity contribution in [2.24, 2.45) is 5.92 Å². The van der Waals surface area contributed by atoms with E-state index in [-0.39, 0.29) is 11.7 Å². The predicted octanol–water partition coefficient (Wildman–Crippen LogP) is 2.01. The Morgan fingerprint density at radius 1 is 1.50 bits per heavy atom. The van der Waals surface area contributed by atoms with Crippen LogP contribution in [0.2, 0.25) is 0 Å². The molecule has 1 aromatic heterocycles. The summed E-state index contributed by atoms with van der Waals surface area (Å²) in [7, 11) is 0. The molecule has 3 N–H and O–H groups in total. The van der Waals surface area contributed by atoms with Crippen molar-refractivity contribution < 1.29 is 18.3 Å². The summed E-state index contributed by atoms with van der Waals surface area (Å²) in [6, 6.07) is -0.603. The maximum atomic E-state index is 12.0. The number of aromatic nitrogens is 3. The van der Waals surface area contributed by atoms with Crippen molar-refractivity contribution >= 4 is 17.2 Å². The fourth-order valence-corrected chi connectivity index (χ4v) is 2.77. The highest BCUT2D eigenvalue weighted by Crippen LogP contribution is 2.24. The molecule has 0 saturated heterocycles. The van der Waals surface area contributed by atoms with E-state index in [2.05, 4.69) is 20.5 Å². The molecule has 0 aliphatic heterocycles. The number of hydrogen-bond donors (Lipinski definition) is 3. The van der Waals surface area contributed by atoms with Gasteiger partial charge in [-0.05, 0) is 33.1 Å². The summed E-state index contributed by atoms with van der Waals surface area (Å²) < 4.78 is 26.5. The van der Waals surface area contributed by atoms with Crippen molar-refractivity contribution in [3.8, 4) is 0 Å². The van der Waals surface area contributed by atoms with E-state index < -0.39 is 34.1 Å². The van der Waals surface area contributed by atoms with Crippen LogP contribution in [0, 0.1) is 5.92 Å². The second-order valence-corrected chi connectivity index (χ2v) is 7.51. The topological polar surface area (TPSA) is 117 Å². The van der Waals surface area contributed by atoms with Gasteiger partial charge in [0.2, 0.25) is 0 Å². The van der Waals surface area contributed by atoms with E-state index in [0.29, 0.717) is 6.42 Å². The third-order valence-electron chi connectivity index (χ3n) is 2.71. The molecule has 9 heteroatoms. The van der Waals surface area contributed by atoms with Gasteiger partial charge >= 0.3 is 6.09 Å². The highest BCUT2D eigenvalue weighted by molar-refractivity contribution is 7.79. The van der Waals surface area contributed by atoms with Crippen LogP contribution >= 0.6 is 0 Å². The molecule has 0 radical (unpaired) electrons. The Morgan fingerprint density at radius 2 is 2.14 bits per heavy atom. The first-order valence-corrected chi connectivity index (χ1v) is 8.21. The maximum absolute atomic E-state index is 12.0. The van der Waals surface area contributed by atoms with Crippen LogP contribution in [0.5, 0.6) is 0 Å². The molecular weight excluding hydrogens is 308 g/mol. The lowest BCUT2D eigenvalue weighted by atomic mass is 10.0. The molecule has 0 bridgehead atoms. The summed E-state index contributed by atoms with van der Waals surface area (Å²) in [5.41, 5.74) is -0.646. The normalized spacial score (nSPS) is 16.1. The van der Waals surface area contributed by atoms with Gasteiger partial charge in [0.05, 0.1) is 6.04 Å². The summed E-state index contributed by atoms with van der Waals surface area (Å²) in [5.74, 6) is 0.455. The average Bonchev–Trinajstić information content (AvgIpc) is 2.77. The second-order valence-electron chi connectivity index (χ2n) is 6.45. The Kier molecular flexibility index (Phi) is 6.48. The summed E-state index contributed by atoms with van der Waals surface area (Å²) in [6.07, 6.45) is 1.12. The minimum Gasteiger partial charge on any atom is -0.444 e. The first kappa shape index (κ1) is 18.6. The molecule has 126 valence electrons. The molecule has 2 unspecified atom stereocenters. The Hall–Kier alpha value is -1.48. The molecule has 8 nitrogen and oxygen atoms in total. The van der Waals surface area contributed by atoms with E-state index in [1.54, 1.807) is 20.8 Å². The second kappa shape index (κ2) is 7.68.